The first-order valence-electron chi connectivity index (χ1n) is 12.2. The fraction of sp³-hybridized carbons (Fsp3) is 0.296. The Morgan fingerprint density at radius 2 is 1.82 bits per heavy atom. The predicted octanol–water partition coefficient (Wildman–Crippen LogP) is 2.34. The molecule has 38 heavy (non-hydrogen) atoms. The standard InChI is InChI=1S/C27H29N3O5S3/c1-3-28-26(37-24(27(28)32)18-30(20(2)31)22-13-8-5-9-14-22)17-25-29(15-10-16-38(33,34)35)23(19-36-25)21-11-6-4-7-12-21/h4-9,11-14,17-18,23H,3,10,15-16,19H2,1-2H3/b24-18+. The van der Waals surface area contributed by atoms with Crippen LogP contribution in [0.25, 0.3) is 12.3 Å². The number of carbonyl (C=O) groups is 1. The van der Waals surface area contributed by atoms with E-state index in [0.29, 0.717) is 23.3 Å². The Morgan fingerprint density at radius 1 is 1.16 bits per heavy atom. The normalized spacial score (nSPS) is 16.9. The van der Waals surface area contributed by atoms with Crippen LogP contribution in [-0.2, 0) is 21.5 Å². The average Bonchev–Trinajstić information content (AvgIpc) is 3.42. The number of hydrogen-bond acceptors (Lipinski definition) is 7. The summed E-state index contributed by atoms with van der Waals surface area (Å²) in [7, 11) is -4.31. The first-order chi connectivity index (χ1) is 18.2. The summed E-state index contributed by atoms with van der Waals surface area (Å²) in [6, 6.07) is 19.1. The highest BCUT2D eigenvalue weighted by atomic mass is 32.2. The van der Waals surface area contributed by atoms with Crippen molar-refractivity contribution < 1.29 is 22.3 Å². The topological polar surface area (TPSA) is 103 Å². The Hall–Kier alpha value is -2.99. The third-order valence-electron chi connectivity index (χ3n) is 6.15. The maximum Gasteiger partial charge on any atom is 0.270 e. The molecule has 0 radical (unpaired) electrons. The van der Waals surface area contributed by atoms with Gasteiger partial charge in [0.2, 0.25) is 11.0 Å². The molecule has 0 saturated heterocycles. The van der Waals surface area contributed by atoms with Gasteiger partial charge in [0.05, 0.1) is 21.9 Å². The van der Waals surface area contributed by atoms with Crippen molar-refractivity contribution >= 4 is 62.1 Å². The third kappa shape index (κ3) is 6.71. The molecule has 0 N–H and O–H groups in total. The number of benzene rings is 2. The molecule has 2 heterocycles. The summed E-state index contributed by atoms with van der Waals surface area (Å²) in [6.07, 6.45) is 3.75. The number of nitrogens with zero attached hydrogens (tertiary/aromatic N) is 3. The molecule has 0 fully saturated rings. The number of thioether (sulfide) groups is 1. The lowest BCUT2D eigenvalue weighted by Crippen LogP contribution is -2.34. The molecule has 1 amide bonds. The van der Waals surface area contributed by atoms with Crippen molar-refractivity contribution in [2.45, 2.75) is 32.9 Å². The number of thiazole rings is 1. The van der Waals surface area contributed by atoms with Crippen LogP contribution in [0.2, 0.25) is 0 Å². The van der Waals surface area contributed by atoms with Gasteiger partial charge in [0.1, 0.15) is 15.7 Å². The fourth-order valence-corrected chi connectivity index (χ4v) is 7.25. The van der Waals surface area contributed by atoms with Crippen LogP contribution in [0, 0.1) is 0 Å². The van der Waals surface area contributed by atoms with E-state index in [0.717, 1.165) is 21.0 Å². The van der Waals surface area contributed by atoms with E-state index in [1.165, 1.54) is 23.2 Å². The van der Waals surface area contributed by atoms with Gasteiger partial charge >= 0.3 is 0 Å². The molecule has 1 atom stereocenters. The summed E-state index contributed by atoms with van der Waals surface area (Å²) in [5.41, 5.74) is 1.59. The quantitative estimate of drug-likeness (QED) is 0.289. The van der Waals surface area contributed by atoms with E-state index in [1.54, 1.807) is 22.5 Å². The molecule has 2 aromatic carbocycles. The highest BCUT2D eigenvalue weighted by molar-refractivity contribution is 8.14. The lowest BCUT2D eigenvalue weighted by atomic mass is 10.1. The SMILES string of the molecule is CCn1c(=O)/c(=C\N(C(C)=O)c2ccccc2)s/c1=C/C1=[N+](CCCS(=O)(=O)[O-])C(c2ccccc2)CS1. The maximum atomic E-state index is 13.3. The molecule has 1 aromatic heterocycles. The zero-order chi connectivity index (χ0) is 27.3. The fourth-order valence-electron chi connectivity index (χ4n) is 4.34. The highest BCUT2D eigenvalue weighted by Crippen LogP contribution is 2.31. The van der Waals surface area contributed by atoms with E-state index < -0.39 is 15.9 Å². The summed E-state index contributed by atoms with van der Waals surface area (Å²) in [5.74, 6) is 0.122. The van der Waals surface area contributed by atoms with Crippen LogP contribution < -0.4 is 19.7 Å². The predicted molar refractivity (Wildman–Crippen MR) is 153 cm³/mol. The minimum Gasteiger partial charge on any atom is -0.748 e. The summed E-state index contributed by atoms with van der Waals surface area (Å²) in [4.78, 5) is 27.1. The zero-order valence-electron chi connectivity index (χ0n) is 21.1. The number of rotatable bonds is 9. The largest absolute Gasteiger partial charge is 0.748 e. The number of aromatic nitrogens is 1. The number of carbonyl (C=O) groups excluding carboxylic acids is 1. The van der Waals surface area contributed by atoms with E-state index in [4.69, 9.17) is 0 Å². The number of amides is 1. The lowest BCUT2D eigenvalue weighted by molar-refractivity contribution is -0.560. The Kier molecular flexibility index (Phi) is 9.03. The third-order valence-corrected chi connectivity index (χ3v) is 9.11. The minimum atomic E-state index is -4.31. The van der Waals surface area contributed by atoms with Gasteiger partial charge in [-0.1, -0.05) is 60.3 Å². The molecule has 8 nitrogen and oxygen atoms in total. The highest BCUT2D eigenvalue weighted by Gasteiger charge is 2.34. The molecule has 0 bridgehead atoms. The second kappa shape index (κ2) is 12.2. The molecule has 11 heteroatoms. The first kappa shape index (κ1) is 28.0. The smallest absolute Gasteiger partial charge is 0.270 e. The van der Waals surface area contributed by atoms with Gasteiger partial charge in [0, 0.05) is 43.1 Å². The molecule has 0 spiro atoms. The van der Waals surface area contributed by atoms with E-state index in [-0.39, 0.29) is 23.9 Å². The molecular weight excluding hydrogens is 543 g/mol. The van der Waals surface area contributed by atoms with Crippen molar-refractivity contribution in [3.05, 3.63) is 85.8 Å². The van der Waals surface area contributed by atoms with Crippen LogP contribution in [0.5, 0.6) is 0 Å². The van der Waals surface area contributed by atoms with Crippen molar-refractivity contribution in [1.82, 2.24) is 4.57 Å². The van der Waals surface area contributed by atoms with Crippen molar-refractivity contribution in [3.8, 4) is 0 Å². The Balaban J connectivity index is 1.81. The van der Waals surface area contributed by atoms with Gasteiger partial charge in [-0.2, -0.15) is 0 Å². The van der Waals surface area contributed by atoms with E-state index in [1.807, 2.05) is 73.7 Å². The zero-order valence-corrected chi connectivity index (χ0v) is 23.6. The molecule has 200 valence electrons. The molecule has 3 aromatic rings. The van der Waals surface area contributed by atoms with Crippen molar-refractivity contribution in [2.75, 3.05) is 23.0 Å². The molecule has 0 aliphatic carbocycles. The Morgan fingerprint density at radius 3 is 2.42 bits per heavy atom. The second-order valence-electron chi connectivity index (χ2n) is 8.74. The maximum absolute atomic E-state index is 13.3. The molecule has 1 unspecified atom stereocenters. The van der Waals surface area contributed by atoms with Crippen LogP contribution in [-0.4, -0.2) is 51.1 Å². The van der Waals surface area contributed by atoms with Gasteiger partial charge in [-0.05, 0) is 19.1 Å². The van der Waals surface area contributed by atoms with Crippen LogP contribution in [0.3, 0.4) is 0 Å². The van der Waals surface area contributed by atoms with E-state index in [9.17, 15) is 22.6 Å². The van der Waals surface area contributed by atoms with Gasteiger partial charge < -0.3 is 4.55 Å². The monoisotopic (exact) mass is 571 g/mol. The van der Waals surface area contributed by atoms with Gasteiger partial charge in [0.15, 0.2) is 6.04 Å². The van der Waals surface area contributed by atoms with Crippen LogP contribution >= 0.6 is 23.1 Å². The minimum absolute atomic E-state index is 0.0147. The number of para-hydroxylation sites is 1. The van der Waals surface area contributed by atoms with E-state index in [2.05, 4.69) is 4.58 Å². The van der Waals surface area contributed by atoms with Gasteiger partial charge in [-0.25, -0.2) is 13.0 Å². The number of anilines is 1. The van der Waals surface area contributed by atoms with Gasteiger partial charge in [-0.15, -0.1) is 11.3 Å². The summed E-state index contributed by atoms with van der Waals surface area (Å²) >= 11 is 2.94. The van der Waals surface area contributed by atoms with Crippen molar-refractivity contribution in [2.24, 2.45) is 0 Å². The average molecular weight is 572 g/mol. The van der Waals surface area contributed by atoms with Crippen LogP contribution in [0.4, 0.5) is 5.69 Å². The van der Waals surface area contributed by atoms with E-state index >= 15 is 0 Å². The molecule has 0 saturated carbocycles. The summed E-state index contributed by atoms with van der Waals surface area (Å²) < 4.78 is 38.6. The second-order valence-corrected chi connectivity index (χ2v) is 12.4. The summed E-state index contributed by atoms with van der Waals surface area (Å²) in [6.45, 7) is 4.20. The lowest BCUT2D eigenvalue weighted by Gasteiger charge is -2.15. The molecular formula is C27H29N3O5S3. The van der Waals surface area contributed by atoms with Gasteiger partial charge in [0.25, 0.3) is 5.56 Å². The van der Waals surface area contributed by atoms with Crippen LogP contribution in [0.15, 0.2) is 65.5 Å². The number of hydrogen-bond donors (Lipinski definition) is 0. The molecule has 4 rings (SSSR count). The summed E-state index contributed by atoms with van der Waals surface area (Å²) in [5, 5.41) is 0.906. The molecule has 1 aliphatic heterocycles. The Labute approximate surface area is 230 Å². The van der Waals surface area contributed by atoms with Crippen molar-refractivity contribution in [1.29, 1.82) is 0 Å². The first-order valence-corrected chi connectivity index (χ1v) is 15.6. The van der Waals surface area contributed by atoms with Gasteiger partial charge in [-0.3, -0.25) is 19.1 Å². The van der Waals surface area contributed by atoms with Crippen molar-refractivity contribution in [3.63, 3.8) is 0 Å². The molecule has 1 aliphatic rings. The Bertz CT molecular complexity index is 1610. The van der Waals surface area contributed by atoms with Crippen LogP contribution in [0.1, 0.15) is 31.9 Å².